The van der Waals surface area contributed by atoms with Crippen LogP contribution < -0.4 is 0 Å². The average Bonchev–Trinajstić information content (AvgIpc) is 3.64. The van der Waals surface area contributed by atoms with Crippen LogP contribution in [-0.4, -0.2) is 48.1 Å². The van der Waals surface area contributed by atoms with Crippen molar-refractivity contribution in [3.63, 3.8) is 0 Å². The van der Waals surface area contributed by atoms with E-state index < -0.39 is 11.4 Å². The normalized spacial score (nSPS) is 18.0. The molecule has 0 amide bonds. The van der Waals surface area contributed by atoms with Crippen LogP contribution in [0.25, 0.3) is 33.2 Å². The largest absolute Gasteiger partial charge is 0.587 e. The number of benzene rings is 2. The number of halogens is 1. The van der Waals surface area contributed by atoms with Gasteiger partial charge in [-0.15, -0.1) is 3.97 Å². The molecule has 4 heterocycles. The number of aryl methyl sites for hydroxylation is 1. The van der Waals surface area contributed by atoms with E-state index in [9.17, 15) is 4.55 Å². The summed E-state index contributed by atoms with van der Waals surface area (Å²) in [7, 11) is 2.14. The third-order valence-electron chi connectivity index (χ3n) is 8.05. The molecule has 194 valence electrons. The molecular weight excluding hydrogens is 497 g/mol. The first kappa shape index (κ1) is 23.9. The topological polar surface area (TPSA) is 61.9 Å². The second-order valence-electron chi connectivity index (χ2n) is 10.7. The summed E-state index contributed by atoms with van der Waals surface area (Å²) in [6, 6.07) is 17.5. The zero-order chi connectivity index (χ0) is 26.0. The van der Waals surface area contributed by atoms with Crippen molar-refractivity contribution in [2.75, 3.05) is 20.1 Å². The molecule has 0 bridgehead atoms. The third-order valence-corrected chi connectivity index (χ3v) is 9.36. The van der Waals surface area contributed by atoms with Gasteiger partial charge in [0, 0.05) is 28.6 Å². The summed E-state index contributed by atoms with van der Waals surface area (Å²) in [4.78, 5) is 12.6. The Hall–Kier alpha value is -3.20. The first-order valence-corrected chi connectivity index (χ1v) is 14.4. The molecule has 38 heavy (non-hydrogen) atoms. The Morgan fingerprint density at radius 3 is 2.47 bits per heavy atom. The van der Waals surface area contributed by atoms with Crippen LogP contribution in [0.1, 0.15) is 49.2 Å². The lowest BCUT2D eigenvalue weighted by Crippen LogP contribution is -2.31. The van der Waals surface area contributed by atoms with Gasteiger partial charge in [0.05, 0.1) is 11.7 Å². The molecule has 7 rings (SSSR count). The van der Waals surface area contributed by atoms with E-state index in [1.165, 1.54) is 0 Å². The Balaban J connectivity index is 1.40. The monoisotopic (exact) mass is 527 g/mol. The molecule has 2 aromatic carbocycles. The fourth-order valence-corrected chi connectivity index (χ4v) is 6.96. The van der Waals surface area contributed by atoms with Crippen molar-refractivity contribution in [3.05, 3.63) is 78.1 Å². The van der Waals surface area contributed by atoms with E-state index in [0.29, 0.717) is 28.0 Å². The van der Waals surface area contributed by atoms with Crippen molar-refractivity contribution in [2.24, 2.45) is 0 Å². The number of rotatable bonds is 5. The molecule has 2 aliphatic rings. The second kappa shape index (κ2) is 9.22. The Morgan fingerprint density at radius 2 is 1.74 bits per heavy atom. The number of nitrogens with zero attached hydrogens (tertiary/aromatic N) is 5. The van der Waals surface area contributed by atoms with Crippen molar-refractivity contribution < 1.29 is 8.94 Å². The molecule has 1 saturated heterocycles. The SMILES string of the molecule is Cc1nc2c(F)cc(-c3cn([S+]([O-])c4ccccc4)c4nc(C5CC5)ccc34)cc2n1C1CCN(C)CC1. The Bertz CT molecular complexity index is 1650. The summed E-state index contributed by atoms with van der Waals surface area (Å²) in [5, 5.41) is 0.875. The van der Waals surface area contributed by atoms with Crippen molar-refractivity contribution in [3.8, 4) is 11.1 Å². The molecule has 1 aliphatic heterocycles. The molecule has 0 radical (unpaired) electrons. The van der Waals surface area contributed by atoms with E-state index in [1.807, 2.05) is 43.5 Å². The van der Waals surface area contributed by atoms with Crippen LogP contribution in [-0.2, 0) is 11.4 Å². The highest BCUT2D eigenvalue weighted by Gasteiger charge is 2.29. The number of hydrogen-bond acceptors (Lipinski definition) is 4. The van der Waals surface area contributed by atoms with Crippen LogP contribution in [0.15, 0.2) is 65.7 Å². The predicted molar refractivity (Wildman–Crippen MR) is 149 cm³/mol. The van der Waals surface area contributed by atoms with Gasteiger partial charge in [-0.05, 0) is 94.7 Å². The summed E-state index contributed by atoms with van der Waals surface area (Å²) in [5.41, 5.74) is 4.52. The van der Waals surface area contributed by atoms with E-state index in [0.717, 1.165) is 72.3 Å². The molecular formula is C30H30FN5OS. The highest BCUT2D eigenvalue weighted by atomic mass is 32.2. The lowest BCUT2D eigenvalue weighted by atomic mass is 10.0. The van der Waals surface area contributed by atoms with E-state index in [-0.39, 0.29) is 5.82 Å². The summed E-state index contributed by atoms with van der Waals surface area (Å²) in [5.74, 6) is 0.978. The lowest BCUT2D eigenvalue weighted by Gasteiger charge is -2.30. The number of imidazole rings is 1. The number of piperidine rings is 1. The van der Waals surface area contributed by atoms with Gasteiger partial charge in [-0.2, -0.15) is 0 Å². The maximum atomic E-state index is 15.6. The van der Waals surface area contributed by atoms with Crippen molar-refractivity contribution in [1.29, 1.82) is 0 Å². The summed E-state index contributed by atoms with van der Waals surface area (Å²) < 4.78 is 33.3. The van der Waals surface area contributed by atoms with E-state index in [1.54, 1.807) is 10.0 Å². The summed E-state index contributed by atoms with van der Waals surface area (Å²) in [6.07, 6.45) is 6.17. The van der Waals surface area contributed by atoms with Crippen LogP contribution in [0.4, 0.5) is 4.39 Å². The molecule has 0 N–H and O–H groups in total. The number of pyridine rings is 1. The number of likely N-dealkylation sites (tertiary alicyclic amines) is 1. The first-order chi connectivity index (χ1) is 18.5. The van der Waals surface area contributed by atoms with Gasteiger partial charge in [-0.3, -0.25) is 0 Å². The van der Waals surface area contributed by atoms with Gasteiger partial charge >= 0.3 is 0 Å². The van der Waals surface area contributed by atoms with Gasteiger partial charge in [0.25, 0.3) is 0 Å². The Labute approximate surface area is 224 Å². The molecule has 1 unspecified atom stereocenters. The molecule has 1 aliphatic carbocycles. The molecule has 1 saturated carbocycles. The zero-order valence-corrected chi connectivity index (χ0v) is 22.4. The molecule has 3 aromatic heterocycles. The first-order valence-electron chi connectivity index (χ1n) is 13.3. The average molecular weight is 528 g/mol. The third kappa shape index (κ3) is 4.02. The highest BCUT2D eigenvalue weighted by Crippen LogP contribution is 2.41. The number of fused-ring (bicyclic) bond motifs is 2. The quantitative estimate of drug-likeness (QED) is 0.255. The lowest BCUT2D eigenvalue weighted by molar-refractivity contribution is 0.222. The molecule has 2 fully saturated rings. The van der Waals surface area contributed by atoms with Crippen molar-refractivity contribution in [1.82, 2.24) is 23.4 Å². The molecule has 8 heteroatoms. The van der Waals surface area contributed by atoms with E-state index in [4.69, 9.17) is 4.98 Å². The van der Waals surface area contributed by atoms with Gasteiger partial charge < -0.3 is 14.0 Å². The van der Waals surface area contributed by atoms with E-state index in [2.05, 4.69) is 39.7 Å². The maximum absolute atomic E-state index is 15.6. The predicted octanol–water partition coefficient (Wildman–Crippen LogP) is 6.22. The van der Waals surface area contributed by atoms with Gasteiger partial charge in [0.2, 0.25) is 0 Å². The van der Waals surface area contributed by atoms with Gasteiger partial charge in [-0.25, -0.2) is 14.4 Å². The van der Waals surface area contributed by atoms with Gasteiger partial charge in [0.1, 0.15) is 22.7 Å². The van der Waals surface area contributed by atoms with Crippen molar-refractivity contribution in [2.45, 2.75) is 49.5 Å². The highest BCUT2D eigenvalue weighted by molar-refractivity contribution is 7.90. The maximum Gasteiger partial charge on any atom is 0.187 e. The molecule has 6 nitrogen and oxygen atoms in total. The minimum absolute atomic E-state index is 0.292. The fourth-order valence-electron chi connectivity index (χ4n) is 5.84. The number of hydrogen-bond donors (Lipinski definition) is 0. The number of aromatic nitrogens is 4. The Kier molecular flexibility index (Phi) is 5.80. The fraction of sp³-hybridized carbons (Fsp3) is 0.333. The standard InChI is InChI=1S/C30H30FN5OS/c1-19-32-29-26(31)16-21(17-28(29)36(19)22-12-14-34(2)15-13-22)25-18-35(38(37)23-6-4-3-5-7-23)30-24(25)10-11-27(33-30)20-8-9-20/h3-7,10-11,16-18,20,22H,8-9,12-15H2,1-2H3. The van der Waals surface area contributed by atoms with Crippen LogP contribution in [0, 0.1) is 12.7 Å². The van der Waals surface area contributed by atoms with Crippen LogP contribution in [0.3, 0.4) is 0 Å². The summed E-state index contributed by atoms with van der Waals surface area (Å²) in [6.45, 7) is 4.00. The smallest absolute Gasteiger partial charge is 0.187 e. The molecule has 5 aromatic rings. The molecule has 1 atom stereocenters. The van der Waals surface area contributed by atoms with Gasteiger partial charge in [-0.1, -0.05) is 18.2 Å². The summed E-state index contributed by atoms with van der Waals surface area (Å²) >= 11 is -1.48. The van der Waals surface area contributed by atoms with Crippen LogP contribution >= 0.6 is 0 Å². The second-order valence-corrected chi connectivity index (χ2v) is 12.1. The van der Waals surface area contributed by atoms with E-state index >= 15 is 4.39 Å². The molecule has 0 spiro atoms. The van der Waals surface area contributed by atoms with Gasteiger partial charge in [0.15, 0.2) is 16.4 Å². The minimum atomic E-state index is -1.48. The minimum Gasteiger partial charge on any atom is -0.587 e. The van der Waals surface area contributed by atoms with Crippen LogP contribution in [0.5, 0.6) is 0 Å². The zero-order valence-electron chi connectivity index (χ0n) is 21.6. The van der Waals surface area contributed by atoms with Crippen molar-refractivity contribution >= 4 is 33.4 Å². The van der Waals surface area contributed by atoms with Crippen LogP contribution in [0.2, 0.25) is 0 Å². The Morgan fingerprint density at radius 1 is 0.974 bits per heavy atom.